The molecule has 0 radical (unpaired) electrons. The number of rotatable bonds is 6. The van der Waals surface area contributed by atoms with Gasteiger partial charge in [0.2, 0.25) is 11.8 Å². The molecule has 2 amide bonds. The fraction of sp³-hybridized carbons (Fsp3) is 0.480. The van der Waals surface area contributed by atoms with Crippen molar-refractivity contribution in [3.05, 3.63) is 47.7 Å². The molecule has 1 saturated heterocycles. The topological polar surface area (TPSA) is 123 Å². The first-order chi connectivity index (χ1) is 18.2. The minimum atomic E-state index is -4.54. The number of ether oxygens (including phenoxy) is 1. The molecule has 2 aromatic rings. The van der Waals surface area contributed by atoms with Gasteiger partial charge in [-0.2, -0.15) is 13.2 Å². The molecular formula is C25H28F4N6O3S. The predicted molar refractivity (Wildman–Crippen MR) is 138 cm³/mol. The summed E-state index contributed by atoms with van der Waals surface area (Å²) in [6.07, 6.45) is -0.837. The molecule has 2 aliphatic heterocycles. The number of aliphatic imine (C=N–C) groups is 1. The van der Waals surface area contributed by atoms with Crippen LogP contribution in [0.25, 0.3) is 0 Å². The van der Waals surface area contributed by atoms with Gasteiger partial charge in [-0.05, 0) is 44.9 Å². The summed E-state index contributed by atoms with van der Waals surface area (Å²) < 4.78 is 55.7. The molecule has 0 bridgehead atoms. The number of benzene rings is 1. The first-order valence-electron chi connectivity index (χ1n) is 12.2. The van der Waals surface area contributed by atoms with Gasteiger partial charge >= 0.3 is 6.18 Å². The summed E-state index contributed by atoms with van der Waals surface area (Å²) in [5.41, 5.74) is 5.11. The molecule has 0 aliphatic carbocycles. The average molecular weight is 569 g/mol. The number of halogens is 4. The van der Waals surface area contributed by atoms with Gasteiger partial charge in [0.1, 0.15) is 16.3 Å². The number of hydrogen-bond donors (Lipinski definition) is 2. The fourth-order valence-corrected chi connectivity index (χ4v) is 6.09. The van der Waals surface area contributed by atoms with Gasteiger partial charge in [0.15, 0.2) is 11.8 Å². The number of alkyl halides is 3. The number of likely N-dealkylation sites (tertiary alicyclic amines) is 1. The lowest BCUT2D eigenvalue weighted by Gasteiger charge is -2.47. The molecule has 0 spiro atoms. The van der Waals surface area contributed by atoms with Crippen LogP contribution in [0.4, 0.5) is 23.2 Å². The number of amidine groups is 1. The minimum absolute atomic E-state index is 0.0762. The van der Waals surface area contributed by atoms with Crippen LogP contribution >= 0.6 is 11.8 Å². The molecule has 4 rings (SSSR count). The highest BCUT2D eigenvalue weighted by molar-refractivity contribution is 8.15. The lowest BCUT2D eigenvalue weighted by Crippen LogP contribution is -2.56. The average Bonchev–Trinajstić information content (AvgIpc) is 3.41. The highest BCUT2D eigenvalue weighted by Crippen LogP contribution is 2.51. The highest BCUT2D eigenvalue weighted by atomic mass is 32.2. The van der Waals surface area contributed by atoms with Crippen molar-refractivity contribution in [3.63, 3.8) is 0 Å². The predicted octanol–water partition coefficient (Wildman–Crippen LogP) is 4.10. The molecule has 3 N–H and O–H groups in total. The maximum Gasteiger partial charge on any atom is 0.422 e. The quantitative estimate of drug-likeness (QED) is 0.503. The van der Waals surface area contributed by atoms with Gasteiger partial charge in [-0.15, -0.1) is 0 Å². The van der Waals surface area contributed by atoms with Crippen LogP contribution < -0.4 is 15.8 Å². The van der Waals surface area contributed by atoms with E-state index in [1.54, 1.807) is 18.7 Å². The SMILES string of the molecule is C[C@@H]1[C@@](C)(C(=O)N2CCCC2)SC(N)=N[C@]1(C)c1cc(NC(=O)c2cnc(OCC(F)(F)F)cn2)ccc1F. The smallest absolute Gasteiger partial charge is 0.422 e. The van der Waals surface area contributed by atoms with Crippen molar-refractivity contribution < 1.29 is 31.9 Å². The Kier molecular flexibility index (Phi) is 7.79. The fourth-order valence-electron chi connectivity index (χ4n) is 4.80. The molecule has 0 unspecified atom stereocenters. The summed E-state index contributed by atoms with van der Waals surface area (Å²) in [4.78, 5) is 40.1. The Morgan fingerprint density at radius 3 is 2.51 bits per heavy atom. The summed E-state index contributed by atoms with van der Waals surface area (Å²) in [6, 6.07) is 3.94. The van der Waals surface area contributed by atoms with Gasteiger partial charge in [-0.1, -0.05) is 18.7 Å². The molecule has 1 fully saturated rings. The van der Waals surface area contributed by atoms with Crippen LogP contribution in [0.3, 0.4) is 0 Å². The van der Waals surface area contributed by atoms with E-state index in [1.807, 2.05) is 6.92 Å². The number of nitrogens with two attached hydrogens (primary N) is 1. The largest absolute Gasteiger partial charge is 0.467 e. The van der Waals surface area contributed by atoms with Crippen molar-refractivity contribution >= 4 is 34.4 Å². The van der Waals surface area contributed by atoms with Crippen LogP contribution in [0.5, 0.6) is 5.88 Å². The third-order valence-corrected chi connectivity index (χ3v) is 8.41. The van der Waals surface area contributed by atoms with Crippen LogP contribution in [0.2, 0.25) is 0 Å². The van der Waals surface area contributed by atoms with Gasteiger partial charge in [0, 0.05) is 30.3 Å². The van der Waals surface area contributed by atoms with Crippen LogP contribution in [0.1, 0.15) is 49.7 Å². The Labute approximate surface area is 226 Å². The maximum atomic E-state index is 15.3. The van der Waals surface area contributed by atoms with E-state index in [0.29, 0.717) is 13.1 Å². The number of carbonyl (C=O) groups excluding carboxylic acids is 2. The number of nitrogens with one attached hydrogen (secondary N) is 1. The molecule has 3 heterocycles. The Hall–Kier alpha value is -3.42. The van der Waals surface area contributed by atoms with Crippen molar-refractivity contribution in [2.24, 2.45) is 16.6 Å². The van der Waals surface area contributed by atoms with Gasteiger partial charge < -0.3 is 20.7 Å². The second kappa shape index (κ2) is 10.6. The standard InChI is InChI=1S/C25H28F4N6O3S/c1-14-23(2,34-22(30)39-24(14,3)21(37)35-8-4-5-9-35)16-10-15(6-7-17(16)26)33-20(36)18-11-32-19(12-31-18)38-13-25(27,28)29/h6-7,10-12,14H,4-5,8-9,13H2,1-3H3,(H2,30,34)(H,33,36)/t14-,23-,24-/m0/s1. The summed E-state index contributed by atoms with van der Waals surface area (Å²) in [5.74, 6) is -2.27. The van der Waals surface area contributed by atoms with E-state index in [-0.39, 0.29) is 28.0 Å². The number of carbonyl (C=O) groups is 2. The molecule has 0 saturated carbocycles. The highest BCUT2D eigenvalue weighted by Gasteiger charge is 2.55. The number of anilines is 1. The van der Waals surface area contributed by atoms with E-state index in [0.717, 1.165) is 25.2 Å². The summed E-state index contributed by atoms with van der Waals surface area (Å²) in [7, 11) is 0. The Bertz CT molecular complexity index is 1290. The monoisotopic (exact) mass is 568 g/mol. The number of thioether (sulfide) groups is 1. The van der Waals surface area contributed by atoms with Gasteiger partial charge in [-0.3, -0.25) is 14.6 Å². The zero-order chi connectivity index (χ0) is 28.6. The van der Waals surface area contributed by atoms with Crippen molar-refractivity contribution in [2.75, 3.05) is 25.0 Å². The third kappa shape index (κ3) is 5.94. The molecule has 1 aromatic carbocycles. The van der Waals surface area contributed by atoms with E-state index in [4.69, 9.17) is 5.73 Å². The summed E-state index contributed by atoms with van der Waals surface area (Å²) in [6.45, 7) is 5.10. The van der Waals surface area contributed by atoms with E-state index < -0.39 is 46.6 Å². The molecule has 210 valence electrons. The Balaban J connectivity index is 1.57. The van der Waals surface area contributed by atoms with Crippen LogP contribution in [-0.4, -0.2) is 62.5 Å². The summed E-state index contributed by atoms with van der Waals surface area (Å²) in [5, 5.41) is 2.74. The molecule has 3 atom stereocenters. The van der Waals surface area contributed by atoms with Crippen molar-refractivity contribution in [2.45, 2.75) is 50.1 Å². The third-order valence-electron chi connectivity index (χ3n) is 7.16. The van der Waals surface area contributed by atoms with Gasteiger partial charge in [0.05, 0.1) is 17.9 Å². The normalized spacial score (nSPS) is 25.3. The maximum absolute atomic E-state index is 15.3. The number of hydrogen-bond acceptors (Lipinski definition) is 8. The molecular weight excluding hydrogens is 540 g/mol. The number of amides is 2. The minimum Gasteiger partial charge on any atom is -0.467 e. The lowest BCUT2D eigenvalue weighted by molar-refractivity contribution is -0.154. The molecule has 2 aliphatic rings. The second-order valence-electron chi connectivity index (χ2n) is 9.82. The van der Waals surface area contributed by atoms with E-state index in [1.165, 1.54) is 30.0 Å². The van der Waals surface area contributed by atoms with E-state index in [9.17, 15) is 22.8 Å². The zero-order valence-electron chi connectivity index (χ0n) is 21.5. The Morgan fingerprint density at radius 2 is 1.90 bits per heavy atom. The van der Waals surface area contributed by atoms with Crippen LogP contribution in [0.15, 0.2) is 35.6 Å². The van der Waals surface area contributed by atoms with Crippen molar-refractivity contribution in [1.82, 2.24) is 14.9 Å². The number of nitrogens with zero attached hydrogens (tertiary/aromatic N) is 4. The molecule has 39 heavy (non-hydrogen) atoms. The van der Waals surface area contributed by atoms with Crippen molar-refractivity contribution in [1.29, 1.82) is 0 Å². The first-order valence-corrected chi connectivity index (χ1v) is 13.0. The van der Waals surface area contributed by atoms with Gasteiger partial charge in [-0.25, -0.2) is 14.4 Å². The van der Waals surface area contributed by atoms with E-state index in [2.05, 4.69) is 25.0 Å². The zero-order valence-corrected chi connectivity index (χ0v) is 22.3. The Morgan fingerprint density at radius 1 is 1.21 bits per heavy atom. The summed E-state index contributed by atoms with van der Waals surface area (Å²) >= 11 is 1.17. The van der Waals surface area contributed by atoms with E-state index >= 15 is 4.39 Å². The van der Waals surface area contributed by atoms with Crippen LogP contribution in [-0.2, 0) is 10.3 Å². The molecule has 9 nitrogen and oxygen atoms in total. The van der Waals surface area contributed by atoms with Crippen LogP contribution in [0, 0.1) is 11.7 Å². The first kappa shape index (κ1) is 28.6. The van der Waals surface area contributed by atoms with Crippen molar-refractivity contribution in [3.8, 4) is 5.88 Å². The second-order valence-corrected chi connectivity index (χ2v) is 11.3. The lowest BCUT2D eigenvalue weighted by atomic mass is 9.73. The van der Waals surface area contributed by atoms with Gasteiger partial charge in [0.25, 0.3) is 5.91 Å². The molecule has 14 heteroatoms. The number of aromatic nitrogens is 2. The molecule has 1 aromatic heterocycles.